The van der Waals surface area contributed by atoms with Crippen molar-refractivity contribution in [1.82, 2.24) is 13.7 Å². The molecule has 0 unspecified atom stereocenters. The summed E-state index contributed by atoms with van der Waals surface area (Å²) in [5, 5.41) is 18.7. The third kappa shape index (κ3) is 26.8. The van der Waals surface area contributed by atoms with Gasteiger partial charge < -0.3 is 47.1 Å². The summed E-state index contributed by atoms with van der Waals surface area (Å²) in [6.45, 7) is 44.2. The second-order valence-electron chi connectivity index (χ2n) is 35.2. The van der Waals surface area contributed by atoms with Crippen molar-refractivity contribution in [2.45, 2.75) is 315 Å². The third-order valence-corrected chi connectivity index (χ3v) is 33.7. The van der Waals surface area contributed by atoms with Crippen molar-refractivity contribution in [2.24, 2.45) is 46.3 Å². The van der Waals surface area contributed by atoms with Crippen molar-refractivity contribution in [1.29, 1.82) is 0 Å². The van der Waals surface area contributed by atoms with Crippen LogP contribution in [0.25, 0.3) is 0 Å². The molecule has 3 aromatic carbocycles. The number of esters is 2. The highest BCUT2D eigenvalue weighted by Gasteiger charge is 2.70. The van der Waals surface area contributed by atoms with Crippen LogP contribution >= 0.6 is 33.9 Å². The Morgan fingerprint density at radius 2 is 0.972 bits per heavy atom. The van der Waals surface area contributed by atoms with Gasteiger partial charge in [-0.1, -0.05) is 158 Å². The lowest BCUT2D eigenvalue weighted by Crippen LogP contribution is -2.67. The van der Waals surface area contributed by atoms with E-state index in [0.717, 1.165) is 38.0 Å². The monoisotopic (exact) mass is 1660 g/mol. The molecular weight excluding hydrogens is 1530 g/mol. The number of rotatable bonds is 24. The van der Waals surface area contributed by atoms with Gasteiger partial charge in [0, 0.05) is 29.5 Å². The molecule has 9 fully saturated rings. The van der Waals surface area contributed by atoms with Crippen LogP contribution in [0.3, 0.4) is 0 Å². The zero-order chi connectivity index (χ0) is 79.1. The molecule has 0 radical (unpaired) electrons. The Labute approximate surface area is 668 Å². The molecule has 32 heteroatoms. The van der Waals surface area contributed by atoms with Gasteiger partial charge in [0.15, 0.2) is 0 Å². The van der Waals surface area contributed by atoms with Crippen LogP contribution in [-0.4, -0.2) is 159 Å². The molecular formula is C76H131B3Cl3N3O18S3Si2. The number of carboxylic acids is 1. The summed E-state index contributed by atoms with van der Waals surface area (Å²) in [4.78, 5) is 35.8. The SMILES string of the molecule is C.C.C.C[C@@H](CC[C@@H](B1O[C@@H]2C[C@@H]3C[C@@H](C3(C)C)[C@]2(C)O1)N([Si](C)(C)C)[Si](C)(C)C)CC(=O)OC(C)(C)C.C[C@@H](CC[C@H](NS(=O)(=O)c1ccccc1)B1O[C@@H]2C[C@@H]3C[C@@H](C3(C)C)[C@]2(C)O1)CC(=O)OC(C)(C)C.ClCCl.O=C(O)C[C@@H]1CC[C@H](NS(=O)(=O)c2ccccc2)B(O)O1.O=S(=O)(Cl)c1ccccc1. The number of hydrogen-bond donors (Lipinski definition) is 4. The molecule has 0 aromatic heterocycles. The molecule has 0 amide bonds. The highest BCUT2D eigenvalue weighted by molar-refractivity contribution is 8.13. The summed E-state index contributed by atoms with van der Waals surface area (Å²) in [5.41, 5.74) is -1.04. The Kier molecular flexibility index (Phi) is 36.4. The molecule has 614 valence electrons. The molecule has 3 saturated heterocycles. The Hall–Kier alpha value is -2.94. The number of nitrogens with one attached hydrogen (secondary N) is 2. The van der Waals surface area contributed by atoms with Gasteiger partial charge in [0.2, 0.25) is 20.0 Å². The molecule has 9 aliphatic rings. The first-order valence-corrected chi connectivity index (χ1v) is 50.1. The number of carboxylic acid groups (broad SMARTS) is 1. The lowest BCUT2D eigenvalue weighted by molar-refractivity contribution is -0.199. The van der Waals surface area contributed by atoms with Crippen LogP contribution in [0, 0.1) is 46.3 Å². The standard InChI is InChI=1S/C27H42BNO6S.C27H54BNO4Si2.C12H16BNO6S.C6H5ClO2S.CH2Cl2.3CH4/c1-18(15-24(30)33-25(2,3)4)13-14-23(29-36(31,32)20-11-9-8-10-12-20)28-34-22-17-19-16-21(26(19,5)6)27(22,7)35-28;1-19(16-24(30)31-25(2,3)4)14-15-23(29(34(8,9)10)35(11,12)13)28-32-22-18-20-17-21(26(20,5)6)27(22,7)33-28;15-12(16)8-9-6-7-11(13(17)20-9)14-21(18,19)10-4-2-1-3-5-10;7-10(8,9)6-4-2-1-3-5-6;2-1-3;;;/h8-12,18-19,21-23,29H,13-17H2,1-7H3;19-23H,14-18H2,1-13H3;1-5,9,11,14,17H,6-8H2,(H,15,16);1-5H;1H2;3*1H4/t18-,19-,21-,22+,23-,27-;19-,20-,21-,22+,23-,27-;9-,11-;;;;;/m000...../s1. The van der Waals surface area contributed by atoms with E-state index in [1.807, 2.05) is 48.5 Å². The summed E-state index contributed by atoms with van der Waals surface area (Å²) in [5.74, 6) is 0.124. The molecule has 21 nitrogen and oxygen atoms in total. The van der Waals surface area contributed by atoms with Crippen molar-refractivity contribution in [3.63, 3.8) is 0 Å². The second-order valence-corrected chi connectivity index (χ2v) is 52.1. The van der Waals surface area contributed by atoms with E-state index >= 15 is 0 Å². The first-order chi connectivity index (χ1) is 48.2. The molecule has 108 heavy (non-hydrogen) atoms. The van der Waals surface area contributed by atoms with Crippen LogP contribution in [0.2, 0.25) is 39.3 Å². The molecule has 3 heterocycles. The minimum absolute atomic E-state index is 0. The van der Waals surface area contributed by atoms with E-state index in [1.165, 1.54) is 30.7 Å². The first kappa shape index (κ1) is 99.3. The summed E-state index contributed by atoms with van der Waals surface area (Å²) in [6.07, 6.45) is 8.31. The number of hydrogen-bond acceptors (Lipinski definition) is 18. The van der Waals surface area contributed by atoms with E-state index in [2.05, 4.69) is 101 Å². The maximum atomic E-state index is 13.3. The van der Waals surface area contributed by atoms with Crippen LogP contribution in [-0.2, 0) is 76.2 Å². The maximum Gasteiger partial charge on any atom is 0.477 e. The van der Waals surface area contributed by atoms with Crippen LogP contribution in [0.5, 0.6) is 0 Å². The average molecular weight is 1670 g/mol. The molecule has 12 rings (SSSR count). The van der Waals surface area contributed by atoms with Crippen LogP contribution in [0.4, 0.5) is 0 Å². The van der Waals surface area contributed by atoms with Crippen LogP contribution < -0.4 is 9.44 Å². The number of ether oxygens (including phenoxy) is 2. The number of benzene rings is 3. The topological polar surface area (TPSA) is 286 Å². The van der Waals surface area contributed by atoms with Gasteiger partial charge in [-0.2, -0.15) is 0 Å². The first-order valence-electron chi connectivity index (χ1n) is 36.9. The molecule has 0 spiro atoms. The predicted octanol–water partition coefficient (Wildman–Crippen LogP) is 16.4. The fraction of sp³-hybridized carbons (Fsp3) is 0.724. The molecule has 6 aliphatic carbocycles. The zero-order valence-corrected chi connectivity index (χ0v) is 72.2. The Balaban J connectivity index is 0.000000391. The molecule has 14 atom stereocenters. The van der Waals surface area contributed by atoms with Crippen molar-refractivity contribution in [3.8, 4) is 0 Å². The van der Waals surface area contributed by atoms with E-state index in [0.29, 0.717) is 55.3 Å². The molecule has 4 N–H and O–H groups in total. The fourth-order valence-electron chi connectivity index (χ4n) is 16.9. The van der Waals surface area contributed by atoms with Gasteiger partial charge in [0.1, 0.15) is 27.7 Å². The highest BCUT2D eigenvalue weighted by Crippen LogP contribution is 2.67. The largest absolute Gasteiger partial charge is 0.481 e. The number of aliphatic carboxylic acids is 1. The molecule has 3 aliphatic heterocycles. The molecule has 6 saturated carbocycles. The van der Waals surface area contributed by atoms with E-state index in [4.69, 9.17) is 71.7 Å². The summed E-state index contributed by atoms with van der Waals surface area (Å²) >= 11 is 9.53. The van der Waals surface area contributed by atoms with Gasteiger partial charge in [-0.25, -0.2) is 34.7 Å². The number of sulfonamides is 2. The Bertz CT molecular complexity index is 3690. The molecule has 3 aromatic rings. The minimum Gasteiger partial charge on any atom is -0.481 e. The van der Waals surface area contributed by atoms with E-state index in [-0.39, 0.29) is 115 Å². The van der Waals surface area contributed by atoms with Crippen molar-refractivity contribution >= 4 is 119 Å². The zero-order valence-electron chi connectivity index (χ0n) is 65.5. The second kappa shape index (κ2) is 39.6. The summed E-state index contributed by atoms with van der Waals surface area (Å²) in [7, 11) is -11.5. The number of carbonyl (C=O) groups is 3. The summed E-state index contributed by atoms with van der Waals surface area (Å²) in [6, 6.07) is 24.0. The average Bonchev–Trinajstić information content (AvgIpc) is 1.43. The smallest absolute Gasteiger partial charge is 0.477 e. The van der Waals surface area contributed by atoms with Gasteiger partial charge in [0.25, 0.3) is 9.05 Å². The third-order valence-electron chi connectivity index (χ3n) is 21.8. The Morgan fingerprint density at radius 3 is 1.33 bits per heavy atom. The van der Waals surface area contributed by atoms with Crippen LogP contribution in [0.15, 0.2) is 106 Å². The van der Waals surface area contributed by atoms with Gasteiger partial charge in [-0.15, -0.1) is 23.2 Å². The van der Waals surface area contributed by atoms with Crippen molar-refractivity contribution in [2.75, 3.05) is 5.34 Å². The normalized spacial score (nSPS) is 26.4. The van der Waals surface area contributed by atoms with E-state index < -0.39 is 101 Å². The van der Waals surface area contributed by atoms with E-state index in [1.54, 1.807) is 66.7 Å². The van der Waals surface area contributed by atoms with Gasteiger partial charge in [0.05, 0.1) is 67.8 Å². The maximum absolute atomic E-state index is 13.3. The van der Waals surface area contributed by atoms with Gasteiger partial charge >= 0.3 is 39.3 Å². The predicted molar refractivity (Wildman–Crippen MR) is 442 cm³/mol. The number of halogens is 3. The minimum atomic E-state index is -3.77. The summed E-state index contributed by atoms with van der Waals surface area (Å²) < 4.78 is 123. The Morgan fingerprint density at radius 1 is 0.593 bits per heavy atom. The lowest BCUT2D eigenvalue weighted by atomic mass is 9.43. The number of alkyl halides is 2. The van der Waals surface area contributed by atoms with Gasteiger partial charge in [-0.3, -0.25) is 14.4 Å². The van der Waals surface area contributed by atoms with Crippen molar-refractivity contribution < 1.29 is 82.5 Å². The quantitative estimate of drug-likeness (QED) is 0.0280. The molecule has 4 bridgehead atoms. The highest BCUT2D eigenvalue weighted by atomic mass is 35.7. The lowest BCUT2D eigenvalue weighted by Gasteiger charge is -2.64. The fourth-order valence-corrected chi connectivity index (χ4v) is 30.8. The van der Waals surface area contributed by atoms with Crippen LogP contribution in [0.1, 0.15) is 203 Å². The van der Waals surface area contributed by atoms with Crippen molar-refractivity contribution in [3.05, 3.63) is 91.0 Å². The van der Waals surface area contributed by atoms with E-state index in [9.17, 15) is 44.7 Å². The number of carbonyl (C=O) groups excluding carboxylic acids is 2. The van der Waals surface area contributed by atoms with Gasteiger partial charge in [-0.05, 0) is 202 Å². The number of nitrogens with zero attached hydrogens (tertiary/aromatic N) is 1.